The average Bonchev–Trinajstić information content (AvgIpc) is 3.08. The van der Waals surface area contributed by atoms with E-state index in [0.29, 0.717) is 0 Å². The lowest BCUT2D eigenvalue weighted by atomic mass is 10.1. The smallest absolute Gasteiger partial charge is 0.113 e. The monoisotopic (exact) mass is 315 g/mol. The maximum absolute atomic E-state index is 4.25. The number of rotatable bonds is 3. The van der Waals surface area contributed by atoms with Gasteiger partial charge in [0.05, 0.1) is 12.2 Å². The molecular weight excluding hydrogens is 302 g/mol. The molecule has 1 aliphatic rings. The van der Waals surface area contributed by atoms with Crippen molar-refractivity contribution >= 4 is 15.9 Å². The Labute approximate surface area is 120 Å². The van der Waals surface area contributed by atoms with E-state index in [4.69, 9.17) is 0 Å². The lowest BCUT2D eigenvalue weighted by Gasteiger charge is -2.12. The quantitative estimate of drug-likeness (QED) is 0.853. The highest BCUT2D eigenvalue weighted by Crippen LogP contribution is 2.32. The predicted molar refractivity (Wildman–Crippen MR) is 79.9 cm³/mol. The van der Waals surface area contributed by atoms with Crippen LogP contribution in [0.3, 0.4) is 0 Å². The average molecular weight is 316 g/mol. The maximum Gasteiger partial charge on any atom is 0.113 e. The van der Waals surface area contributed by atoms with Gasteiger partial charge in [-0.15, -0.1) is 5.10 Å². The number of benzene rings is 1. The Morgan fingerprint density at radius 1 is 1.26 bits per heavy atom. The van der Waals surface area contributed by atoms with Crippen molar-refractivity contribution in [2.45, 2.75) is 19.4 Å². The Morgan fingerprint density at radius 3 is 2.74 bits per heavy atom. The van der Waals surface area contributed by atoms with Crippen LogP contribution in [0.2, 0.25) is 0 Å². The number of halogens is 1. The molecule has 3 nitrogen and oxygen atoms in total. The first-order valence-electron chi connectivity index (χ1n) is 6.28. The van der Waals surface area contributed by atoms with Crippen molar-refractivity contribution in [1.82, 2.24) is 15.0 Å². The maximum atomic E-state index is 4.25. The molecule has 0 saturated heterocycles. The molecule has 3 rings (SSSR count). The van der Waals surface area contributed by atoms with Crippen molar-refractivity contribution in [3.63, 3.8) is 0 Å². The van der Waals surface area contributed by atoms with Gasteiger partial charge in [0.15, 0.2) is 0 Å². The van der Waals surface area contributed by atoms with E-state index in [1.165, 1.54) is 10.1 Å². The van der Waals surface area contributed by atoms with E-state index in [9.17, 15) is 0 Å². The van der Waals surface area contributed by atoms with Gasteiger partial charge in [0.2, 0.25) is 0 Å². The van der Waals surface area contributed by atoms with Crippen LogP contribution in [0.1, 0.15) is 19.4 Å². The zero-order valence-corrected chi connectivity index (χ0v) is 12.2. The Bertz CT molecular complexity index is 640. The molecule has 0 N–H and O–H groups in total. The molecule has 0 amide bonds. The summed E-state index contributed by atoms with van der Waals surface area (Å²) in [5.74, 6) is 0. The van der Waals surface area contributed by atoms with E-state index in [0.717, 1.165) is 17.7 Å². The predicted octanol–water partition coefficient (Wildman–Crippen LogP) is 4.12. The van der Waals surface area contributed by atoms with E-state index < -0.39 is 0 Å². The highest BCUT2D eigenvalue weighted by atomic mass is 79.9. The zero-order valence-electron chi connectivity index (χ0n) is 10.6. The van der Waals surface area contributed by atoms with Crippen molar-refractivity contribution in [1.29, 1.82) is 0 Å². The van der Waals surface area contributed by atoms with Gasteiger partial charge in [0, 0.05) is 10.0 Å². The van der Waals surface area contributed by atoms with Crippen molar-refractivity contribution in [2.24, 2.45) is 0 Å². The zero-order chi connectivity index (χ0) is 13.2. The Hall–Kier alpha value is -1.68. The van der Waals surface area contributed by atoms with Crippen LogP contribution in [-0.2, 0) is 0 Å². The van der Waals surface area contributed by atoms with E-state index in [2.05, 4.69) is 45.3 Å². The molecule has 1 atom stereocenters. The number of hydrogen-bond donors (Lipinski definition) is 0. The molecule has 1 aromatic carbocycles. The summed E-state index contributed by atoms with van der Waals surface area (Å²) in [6.45, 7) is 2.13. The van der Waals surface area contributed by atoms with Gasteiger partial charge in [-0.3, -0.25) is 0 Å². The fraction of sp³-hybridized carbons (Fsp3) is 0.200. The lowest BCUT2D eigenvalue weighted by Crippen LogP contribution is -2.07. The molecule has 0 unspecified atom stereocenters. The summed E-state index contributed by atoms with van der Waals surface area (Å²) >= 11 is 3.61. The van der Waals surface area contributed by atoms with Crippen LogP contribution in [0, 0.1) is 0 Å². The molecule has 0 radical (unpaired) electrons. The molecule has 4 heteroatoms. The summed E-state index contributed by atoms with van der Waals surface area (Å²) in [5.41, 5.74) is 3.27. The van der Waals surface area contributed by atoms with Gasteiger partial charge in [-0.25, -0.2) is 4.68 Å². The molecule has 0 fully saturated rings. The standard InChI is InChI=1S/C15H14BrN3/c1-11(13-8-5-9-14(13)16)19-10-15(17-18-19)12-6-3-2-4-7-12/h2-8,10-11H,9H2,1H3/t11-/m0/s1. The Balaban J connectivity index is 1.90. The number of allylic oxidation sites excluding steroid dienone is 4. The fourth-order valence-corrected chi connectivity index (χ4v) is 2.86. The molecular formula is C15H14BrN3. The Morgan fingerprint density at radius 2 is 2.05 bits per heavy atom. The van der Waals surface area contributed by atoms with Crippen LogP contribution < -0.4 is 0 Å². The largest absolute Gasteiger partial charge is 0.245 e. The molecule has 96 valence electrons. The molecule has 2 aromatic rings. The van der Waals surface area contributed by atoms with Crippen molar-refractivity contribution in [3.8, 4) is 11.3 Å². The molecule has 0 spiro atoms. The van der Waals surface area contributed by atoms with Gasteiger partial charge in [-0.2, -0.15) is 0 Å². The first kappa shape index (κ1) is 12.4. The van der Waals surface area contributed by atoms with Crippen LogP contribution in [-0.4, -0.2) is 15.0 Å². The minimum atomic E-state index is 0.193. The third-order valence-electron chi connectivity index (χ3n) is 3.33. The Kier molecular flexibility index (Phi) is 3.34. The molecule has 1 aromatic heterocycles. The van der Waals surface area contributed by atoms with E-state index >= 15 is 0 Å². The van der Waals surface area contributed by atoms with Crippen LogP contribution in [0.15, 0.2) is 58.7 Å². The molecule has 0 aliphatic heterocycles. The summed E-state index contributed by atoms with van der Waals surface area (Å²) in [6, 6.07) is 10.3. The van der Waals surface area contributed by atoms with Crippen molar-refractivity contribution in [3.05, 3.63) is 58.7 Å². The van der Waals surface area contributed by atoms with Gasteiger partial charge in [0.25, 0.3) is 0 Å². The van der Waals surface area contributed by atoms with Gasteiger partial charge in [0.1, 0.15) is 5.69 Å². The topological polar surface area (TPSA) is 30.7 Å². The van der Waals surface area contributed by atoms with Gasteiger partial charge >= 0.3 is 0 Å². The number of nitrogens with zero attached hydrogens (tertiary/aromatic N) is 3. The SMILES string of the molecule is C[C@@H](C1=C(Br)CC=C1)n1cc(-c2ccccc2)nn1. The van der Waals surface area contributed by atoms with Gasteiger partial charge in [-0.1, -0.05) is 63.6 Å². The van der Waals surface area contributed by atoms with Crippen LogP contribution in [0.25, 0.3) is 11.3 Å². The first-order chi connectivity index (χ1) is 9.25. The van der Waals surface area contributed by atoms with Crippen molar-refractivity contribution < 1.29 is 0 Å². The van der Waals surface area contributed by atoms with Crippen molar-refractivity contribution in [2.75, 3.05) is 0 Å². The normalized spacial score (nSPS) is 16.1. The van der Waals surface area contributed by atoms with Gasteiger partial charge < -0.3 is 0 Å². The molecule has 0 bridgehead atoms. The van der Waals surface area contributed by atoms with Crippen LogP contribution >= 0.6 is 15.9 Å². The number of aromatic nitrogens is 3. The summed E-state index contributed by atoms with van der Waals surface area (Å²) in [6.07, 6.45) is 7.28. The highest BCUT2D eigenvalue weighted by Gasteiger charge is 2.17. The third kappa shape index (κ3) is 2.40. The molecule has 1 aliphatic carbocycles. The second kappa shape index (κ2) is 5.13. The highest BCUT2D eigenvalue weighted by molar-refractivity contribution is 9.11. The summed E-state index contributed by atoms with van der Waals surface area (Å²) < 4.78 is 3.14. The second-order valence-corrected chi connectivity index (χ2v) is 5.55. The molecule has 1 heterocycles. The summed E-state index contributed by atoms with van der Waals surface area (Å²) in [7, 11) is 0. The minimum Gasteiger partial charge on any atom is -0.245 e. The molecule has 19 heavy (non-hydrogen) atoms. The molecule has 0 saturated carbocycles. The van der Waals surface area contributed by atoms with Crippen LogP contribution in [0.5, 0.6) is 0 Å². The van der Waals surface area contributed by atoms with E-state index in [-0.39, 0.29) is 6.04 Å². The first-order valence-corrected chi connectivity index (χ1v) is 7.07. The summed E-state index contributed by atoms with van der Waals surface area (Å²) in [5, 5.41) is 8.50. The lowest BCUT2D eigenvalue weighted by molar-refractivity contribution is 0.542. The fourth-order valence-electron chi connectivity index (χ4n) is 2.21. The van der Waals surface area contributed by atoms with E-state index in [1.54, 1.807) is 0 Å². The summed E-state index contributed by atoms with van der Waals surface area (Å²) in [4.78, 5) is 0. The number of hydrogen-bond acceptors (Lipinski definition) is 2. The second-order valence-electron chi connectivity index (χ2n) is 4.59. The third-order valence-corrected chi connectivity index (χ3v) is 4.12. The van der Waals surface area contributed by atoms with E-state index in [1.807, 2.05) is 41.2 Å². The van der Waals surface area contributed by atoms with Crippen LogP contribution in [0.4, 0.5) is 0 Å². The minimum absolute atomic E-state index is 0.193. The van der Waals surface area contributed by atoms with Gasteiger partial charge in [-0.05, 0) is 18.9 Å².